The summed E-state index contributed by atoms with van der Waals surface area (Å²) in [7, 11) is 0. The number of hydrogen-bond donors (Lipinski definition) is 0. The quantitative estimate of drug-likeness (QED) is 0.761. The summed E-state index contributed by atoms with van der Waals surface area (Å²) in [6.07, 6.45) is 0. The maximum absolute atomic E-state index is 5.35. The second-order valence-electron chi connectivity index (χ2n) is 4.99. The molecular formula is C11H18N2OSSn. The van der Waals surface area contributed by atoms with Gasteiger partial charge in [0.2, 0.25) is 0 Å². The Balaban J connectivity index is 2.01. The van der Waals surface area contributed by atoms with E-state index in [1.54, 1.807) is 11.3 Å². The number of ether oxygens (including phenoxy) is 1. The number of nitrogens with zero attached hydrogens (tertiary/aromatic N) is 2. The topological polar surface area (TPSA) is 25.4 Å². The Kier molecular flexibility index (Phi) is 4.13. The number of aromatic nitrogens is 1. The first-order valence-corrected chi connectivity index (χ1v) is 9.34. The monoisotopic (exact) mass is 346 g/mol. The van der Waals surface area contributed by atoms with Crippen LogP contribution < -0.4 is 8.61 Å². The molecule has 16 heavy (non-hydrogen) atoms. The third-order valence-corrected chi connectivity index (χ3v) is 7.38. The van der Waals surface area contributed by atoms with Crippen LogP contribution in [-0.2, 0) is 4.74 Å². The van der Waals surface area contributed by atoms with Crippen molar-refractivity contribution < 1.29 is 4.74 Å². The van der Waals surface area contributed by atoms with E-state index in [9.17, 15) is 0 Å². The van der Waals surface area contributed by atoms with Gasteiger partial charge in [0.25, 0.3) is 0 Å². The minimum absolute atomic E-state index is 0.486. The molecule has 1 saturated heterocycles. The number of hydrogen-bond acceptors (Lipinski definition) is 4. The molecule has 1 aromatic heterocycles. The summed E-state index contributed by atoms with van der Waals surface area (Å²) in [4.78, 5) is 7.13. The van der Waals surface area contributed by atoms with Gasteiger partial charge in [0, 0.05) is 0 Å². The van der Waals surface area contributed by atoms with Gasteiger partial charge >= 0.3 is 112 Å². The fraction of sp³-hybridized carbons (Fsp3) is 0.727. The SMILES string of the molecule is C[C](C)(C)[Sn][c]1csc(N2CCOCC2)n1. The van der Waals surface area contributed by atoms with E-state index in [-0.39, 0.29) is 0 Å². The van der Waals surface area contributed by atoms with E-state index >= 15 is 0 Å². The van der Waals surface area contributed by atoms with Gasteiger partial charge in [-0.3, -0.25) is 0 Å². The molecule has 1 aliphatic heterocycles. The molecule has 2 rings (SSSR count). The molecule has 0 saturated carbocycles. The predicted molar refractivity (Wildman–Crippen MR) is 70.2 cm³/mol. The summed E-state index contributed by atoms with van der Waals surface area (Å²) in [5.41, 5.74) is 0. The summed E-state index contributed by atoms with van der Waals surface area (Å²) in [6.45, 7) is 10.6. The molecule has 2 heterocycles. The van der Waals surface area contributed by atoms with Gasteiger partial charge in [-0.05, 0) is 0 Å². The normalized spacial score (nSPS) is 17.8. The molecule has 5 heteroatoms. The van der Waals surface area contributed by atoms with Crippen LogP contribution in [0.3, 0.4) is 0 Å². The van der Waals surface area contributed by atoms with Crippen molar-refractivity contribution in [2.75, 3.05) is 31.2 Å². The molecule has 0 aliphatic carbocycles. The Morgan fingerprint density at radius 3 is 2.69 bits per heavy atom. The molecule has 0 unspecified atom stereocenters. The molecule has 2 radical (unpaired) electrons. The number of anilines is 1. The van der Waals surface area contributed by atoms with Crippen LogP contribution in [-0.4, -0.2) is 52.4 Å². The van der Waals surface area contributed by atoms with Crippen molar-refractivity contribution in [3.05, 3.63) is 5.38 Å². The Labute approximate surface area is 111 Å². The molecule has 88 valence electrons. The molecule has 0 aromatic carbocycles. The molecule has 0 spiro atoms. The first-order chi connectivity index (χ1) is 7.54. The van der Waals surface area contributed by atoms with Crippen LogP contribution in [0.5, 0.6) is 0 Å². The van der Waals surface area contributed by atoms with E-state index in [0.29, 0.717) is 3.43 Å². The Bertz CT molecular complexity index is 342. The van der Waals surface area contributed by atoms with Gasteiger partial charge in [0.1, 0.15) is 0 Å². The molecule has 0 bridgehead atoms. The van der Waals surface area contributed by atoms with Crippen molar-refractivity contribution in [3.8, 4) is 0 Å². The van der Waals surface area contributed by atoms with Crippen molar-refractivity contribution in [2.24, 2.45) is 0 Å². The van der Waals surface area contributed by atoms with E-state index in [1.165, 1.54) is 8.84 Å². The first kappa shape index (κ1) is 12.6. The molecule has 1 aromatic rings. The zero-order valence-corrected chi connectivity index (χ0v) is 13.8. The van der Waals surface area contributed by atoms with Crippen molar-refractivity contribution >= 4 is 41.3 Å². The number of thiazole rings is 1. The van der Waals surface area contributed by atoms with Crippen LogP contribution in [0.15, 0.2) is 5.38 Å². The fourth-order valence-electron chi connectivity index (χ4n) is 1.61. The van der Waals surface area contributed by atoms with Crippen LogP contribution in [0, 0.1) is 0 Å². The van der Waals surface area contributed by atoms with Gasteiger partial charge in [0.05, 0.1) is 0 Å². The third-order valence-electron chi connectivity index (χ3n) is 2.28. The van der Waals surface area contributed by atoms with E-state index < -0.39 is 21.1 Å². The van der Waals surface area contributed by atoms with Gasteiger partial charge in [-0.1, -0.05) is 0 Å². The Morgan fingerprint density at radius 2 is 2.06 bits per heavy atom. The molecule has 1 aliphatic rings. The number of morpholine rings is 1. The fourth-order valence-corrected chi connectivity index (χ4v) is 6.31. The van der Waals surface area contributed by atoms with Gasteiger partial charge in [-0.25, -0.2) is 0 Å². The van der Waals surface area contributed by atoms with Gasteiger partial charge < -0.3 is 0 Å². The van der Waals surface area contributed by atoms with Crippen molar-refractivity contribution in [3.63, 3.8) is 0 Å². The van der Waals surface area contributed by atoms with Crippen molar-refractivity contribution in [1.29, 1.82) is 0 Å². The van der Waals surface area contributed by atoms with E-state index in [2.05, 4.69) is 31.1 Å². The zero-order chi connectivity index (χ0) is 11.6. The van der Waals surface area contributed by atoms with Crippen LogP contribution in [0.1, 0.15) is 20.8 Å². The molecular weight excluding hydrogens is 327 g/mol. The molecule has 0 N–H and O–H groups in total. The number of rotatable bonds is 2. The molecule has 1 fully saturated rings. The second kappa shape index (κ2) is 5.23. The second-order valence-corrected chi connectivity index (χ2v) is 12.3. The zero-order valence-electron chi connectivity index (χ0n) is 10.1. The van der Waals surface area contributed by atoms with Gasteiger partial charge in [-0.15, -0.1) is 0 Å². The standard InChI is InChI=1S/C7H9N2OS.C4H9.Sn/c1-6-11-7(8-1)9-2-4-10-5-3-9;1-4(2)3;/h6H,2-5H2;1-3H3;. The van der Waals surface area contributed by atoms with E-state index in [1.807, 2.05) is 0 Å². The first-order valence-electron chi connectivity index (χ1n) is 5.61. The summed E-state index contributed by atoms with van der Waals surface area (Å²) in [5.74, 6) is 0. The summed E-state index contributed by atoms with van der Waals surface area (Å²) in [5, 5.41) is 3.46. The minimum atomic E-state index is -0.537. The van der Waals surface area contributed by atoms with Crippen molar-refractivity contribution in [2.45, 2.75) is 24.2 Å². The summed E-state index contributed by atoms with van der Waals surface area (Å²) < 4.78 is 7.23. The third kappa shape index (κ3) is 3.60. The average molecular weight is 345 g/mol. The van der Waals surface area contributed by atoms with Crippen LogP contribution in [0.2, 0.25) is 3.43 Å². The van der Waals surface area contributed by atoms with E-state index in [4.69, 9.17) is 9.72 Å². The average Bonchev–Trinajstić information content (AvgIpc) is 2.65. The van der Waals surface area contributed by atoms with Crippen LogP contribution >= 0.6 is 11.3 Å². The van der Waals surface area contributed by atoms with Crippen LogP contribution in [0.25, 0.3) is 0 Å². The Morgan fingerprint density at radius 1 is 1.38 bits per heavy atom. The van der Waals surface area contributed by atoms with Crippen LogP contribution in [0.4, 0.5) is 5.13 Å². The summed E-state index contributed by atoms with van der Waals surface area (Å²) in [6, 6.07) is 0. The predicted octanol–water partition coefficient (Wildman–Crippen LogP) is 1.53. The maximum atomic E-state index is 5.35. The van der Waals surface area contributed by atoms with Gasteiger partial charge in [0.15, 0.2) is 0 Å². The summed E-state index contributed by atoms with van der Waals surface area (Å²) >= 11 is 1.26. The molecule has 3 nitrogen and oxygen atoms in total. The van der Waals surface area contributed by atoms with E-state index in [0.717, 1.165) is 26.3 Å². The van der Waals surface area contributed by atoms with Crippen molar-refractivity contribution in [1.82, 2.24) is 4.98 Å². The molecule has 0 atom stereocenters. The van der Waals surface area contributed by atoms with Gasteiger partial charge in [-0.2, -0.15) is 0 Å². The molecule has 0 amide bonds. The Hall–Kier alpha value is 0.189.